The molecule has 0 radical (unpaired) electrons. The highest BCUT2D eigenvalue weighted by atomic mass is 32.1. The molecular weight excluding hydrogens is 276 g/mol. The highest BCUT2D eigenvalue weighted by Gasteiger charge is 2.26. The molecule has 1 unspecified atom stereocenters. The first-order valence-electron chi connectivity index (χ1n) is 7.80. The predicted octanol–water partition coefficient (Wildman–Crippen LogP) is 5.10. The Bertz CT molecular complexity index is 700. The first-order valence-corrected chi connectivity index (χ1v) is 8.61. The lowest BCUT2D eigenvalue weighted by Gasteiger charge is -2.32. The maximum absolute atomic E-state index is 9.05. The Morgan fingerprint density at radius 1 is 1.24 bits per heavy atom. The van der Waals surface area contributed by atoms with Crippen molar-refractivity contribution in [2.75, 3.05) is 0 Å². The van der Waals surface area contributed by atoms with Gasteiger partial charge in [-0.15, -0.1) is 11.3 Å². The molecule has 1 aliphatic carbocycles. The Morgan fingerprint density at radius 2 is 2.05 bits per heavy atom. The van der Waals surface area contributed by atoms with Gasteiger partial charge in [0.05, 0.1) is 0 Å². The van der Waals surface area contributed by atoms with Crippen LogP contribution in [0.4, 0.5) is 0 Å². The molecule has 3 rings (SSSR count). The van der Waals surface area contributed by atoms with E-state index in [4.69, 9.17) is 10.2 Å². The molecule has 0 saturated heterocycles. The van der Waals surface area contributed by atoms with Gasteiger partial charge in [-0.3, -0.25) is 0 Å². The number of aryl methyl sites for hydroxylation is 2. The number of pyridine rings is 1. The smallest absolute Gasteiger partial charge is 0.124 e. The highest BCUT2D eigenvalue weighted by Crippen LogP contribution is 2.36. The molecule has 0 saturated carbocycles. The lowest BCUT2D eigenvalue weighted by molar-refractivity contribution is 0.205. The van der Waals surface area contributed by atoms with Gasteiger partial charge in [0.1, 0.15) is 15.8 Å². The maximum atomic E-state index is 9.05. The molecule has 110 valence electrons. The van der Waals surface area contributed by atoms with E-state index >= 15 is 0 Å². The fraction of sp³-hybridized carbons (Fsp3) is 0.556. The largest absolute Gasteiger partial charge is 0.242 e. The van der Waals surface area contributed by atoms with E-state index in [1.165, 1.54) is 41.9 Å². The van der Waals surface area contributed by atoms with Crippen LogP contribution in [-0.2, 0) is 12.8 Å². The van der Waals surface area contributed by atoms with Gasteiger partial charge in [-0.25, -0.2) is 4.98 Å². The van der Waals surface area contributed by atoms with Crippen LogP contribution in [0.1, 0.15) is 56.2 Å². The molecule has 0 bridgehead atoms. The van der Waals surface area contributed by atoms with E-state index in [0.29, 0.717) is 5.41 Å². The summed E-state index contributed by atoms with van der Waals surface area (Å²) in [7, 11) is 0. The molecule has 3 heteroatoms. The van der Waals surface area contributed by atoms with E-state index in [-0.39, 0.29) is 0 Å². The van der Waals surface area contributed by atoms with Crippen LogP contribution in [0.2, 0.25) is 0 Å². The Labute approximate surface area is 130 Å². The Hall–Kier alpha value is -1.40. The molecule has 0 amide bonds. The fourth-order valence-corrected chi connectivity index (χ4v) is 4.23. The molecule has 2 nitrogen and oxygen atoms in total. The predicted molar refractivity (Wildman–Crippen MR) is 88.5 cm³/mol. The van der Waals surface area contributed by atoms with Crippen molar-refractivity contribution in [3.8, 4) is 6.07 Å². The van der Waals surface area contributed by atoms with E-state index in [1.54, 1.807) is 0 Å². The monoisotopic (exact) mass is 298 g/mol. The van der Waals surface area contributed by atoms with E-state index in [0.717, 1.165) is 33.9 Å². The Balaban J connectivity index is 1.94. The van der Waals surface area contributed by atoms with Crippen LogP contribution in [0.3, 0.4) is 0 Å². The quantitative estimate of drug-likeness (QED) is 0.678. The minimum atomic E-state index is 0.394. The van der Waals surface area contributed by atoms with Gasteiger partial charge in [-0.05, 0) is 61.1 Å². The van der Waals surface area contributed by atoms with E-state index in [9.17, 15) is 0 Å². The Morgan fingerprint density at radius 3 is 2.76 bits per heavy atom. The molecule has 0 spiro atoms. The molecule has 0 N–H and O–H groups in total. The molecule has 1 atom stereocenters. The highest BCUT2D eigenvalue weighted by molar-refractivity contribution is 7.19. The van der Waals surface area contributed by atoms with E-state index in [2.05, 4.69) is 32.9 Å². The SMILES string of the molecule is CC(C)(C)C1CCCc2nc3sc(C#N)cc3cc2CC1. The summed E-state index contributed by atoms with van der Waals surface area (Å²) in [4.78, 5) is 6.63. The summed E-state index contributed by atoms with van der Waals surface area (Å²) in [5.41, 5.74) is 3.06. The van der Waals surface area contributed by atoms with E-state index < -0.39 is 0 Å². The van der Waals surface area contributed by atoms with Crippen molar-refractivity contribution in [3.05, 3.63) is 28.3 Å². The van der Waals surface area contributed by atoms with Gasteiger partial charge in [-0.2, -0.15) is 5.26 Å². The van der Waals surface area contributed by atoms with Crippen molar-refractivity contribution in [2.24, 2.45) is 11.3 Å². The molecule has 21 heavy (non-hydrogen) atoms. The number of aromatic nitrogens is 1. The second-order valence-corrected chi connectivity index (χ2v) is 8.24. The number of nitriles is 1. The molecule has 2 aromatic rings. The fourth-order valence-electron chi connectivity index (χ4n) is 3.40. The average molecular weight is 298 g/mol. The van der Waals surface area contributed by atoms with Crippen molar-refractivity contribution in [1.82, 2.24) is 4.98 Å². The van der Waals surface area contributed by atoms with Crippen LogP contribution in [0.15, 0.2) is 12.1 Å². The lowest BCUT2D eigenvalue weighted by Crippen LogP contribution is -2.23. The van der Waals surface area contributed by atoms with Gasteiger partial charge in [-0.1, -0.05) is 20.8 Å². The number of hydrogen-bond acceptors (Lipinski definition) is 3. The van der Waals surface area contributed by atoms with Gasteiger partial charge in [0.15, 0.2) is 0 Å². The van der Waals surface area contributed by atoms with E-state index in [1.807, 2.05) is 6.07 Å². The summed E-state index contributed by atoms with van der Waals surface area (Å²) in [5.74, 6) is 0.790. The van der Waals surface area contributed by atoms with Gasteiger partial charge in [0.25, 0.3) is 0 Å². The third-order valence-corrected chi connectivity index (χ3v) is 5.69. The van der Waals surface area contributed by atoms with Crippen LogP contribution in [0.25, 0.3) is 10.2 Å². The zero-order valence-corrected chi connectivity index (χ0v) is 13.9. The van der Waals surface area contributed by atoms with Crippen molar-refractivity contribution in [3.63, 3.8) is 0 Å². The summed E-state index contributed by atoms with van der Waals surface area (Å²) < 4.78 is 0. The second-order valence-electron chi connectivity index (χ2n) is 7.20. The minimum absolute atomic E-state index is 0.394. The number of fused-ring (bicyclic) bond motifs is 2. The number of rotatable bonds is 0. The molecule has 0 fully saturated rings. The maximum Gasteiger partial charge on any atom is 0.124 e. The summed E-state index contributed by atoms with van der Waals surface area (Å²) >= 11 is 1.51. The number of hydrogen-bond donors (Lipinski definition) is 0. The third kappa shape index (κ3) is 2.96. The molecule has 1 aliphatic rings. The summed E-state index contributed by atoms with van der Waals surface area (Å²) in [6.45, 7) is 7.08. The first-order chi connectivity index (χ1) is 9.97. The molecule has 0 aromatic carbocycles. The van der Waals surface area contributed by atoms with Crippen LogP contribution in [0, 0.1) is 22.7 Å². The standard InChI is InChI=1S/C18H22N2S/c1-18(2,3)14-5-4-6-16-12(7-8-14)9-13-10-15(11-19)21-17(13)20-16/h9-10,14H,4-8H2,1-3H3. The average Bonchev–Trinajstić information content (AvgIpc) is 2.79. The van der Waals surface area contributed by atoms with Gasteiger partial charge in [0, 0.05) is 11.1 Å². The molecular formula is C18H22N2S. The van der Waals surface area contributed by atoms with Crippen LogP contribution in [0.5, 0.6) is 0 Å². The lowest BCUT2D eigenvalue weighted by atomic mass is 9.73. The van der Waals surface area contributed by atoms with Crippen LogP contribution >= 0.6 is 11.3 Å². The minimum Gasteiger partial charge on any atom is -0.242 e. The second kappa shape index (κ2) is 5.42. The topological polar surface area (TPSA) is 36.7 Å². The summed E-state index contributed by atoms with van der Waals surface area (Å²) in [6.07, 6.45) is 5.98. The molecule has 2 heterocycles. The zero-order valence-electron chi connectivity index (χ0n) is 13.1. The number of thiophene rings is 1. The van der Waals surface area contributed by atoms with Crippen molar-refractivity contribution < 1.29 is 0 Å². The normalized spacial score (nSPS) is 19.6. The zero-order chi connectivity index (χ0) is 15.0. The van der Waals surface area contributed by atoms with Gasteiger partial charge < -0.3 is 0 Å². The van der Waals surface area contributed by atoms with Crippen LogP contribution < -0.4 is 0 Å². The number of nitrogens with zero attached hydrogens (tertiary/aromatic N) is 2. The van der Waals surface area contributed by atoms with Crippen LogP contribution in [-0.4, -0.2) is 4.98 Å². The first kappa shape index (κ1) is 14.5. The van der Waals surface area contributed by atoms with Gasteiger partial charge >= 0.3 is 0 Å². The molecule has 2 aromatic heterocycles. The van der Waals surface area contributed by atoms with Gasteiger partial charge in [0.2, 0.25) is 0 Å². The summed E-state index contributed by atoms with van der Waals surface area (Å²) in [5, 5.41) is 10.2. The Kier molecular flexibility index (Phi) is 3.75. The van der Waals surface area contributed by atoms with Crippen molar-refractivity contribution >= 4 is 21.6 Å². The third-order valence-electron chi connectivity index (χ3n) is 4.74. The van der Waals surface area contributed by atoms with Crippen molar-refractivity contribution in [2.45, 2.75) is 52.9 Å². The summed E-state index contributed by atoms with van der Waals surface area (Å²) in [6, 6.07) is 6.49. The van der Waals surface area contributed by atoms with Crippen molar-refractivity contribution in [1.29, 1.82) is 5.26 Å². The molecule has 0 aliphatic heterocycles.